The summed E-state index contributed by atoms with van der Waals surface area (Å²) in [5, 5.41) is 1.23. The zero-order valence-corrected chi connectivity index (χ0v) is 23.0. The van der Waals surface area contributed by atoms with E-state index in [2.05, 4.69) is 18.5 Å². The second-order valence-electron chi connectivity index (χ2n) is 7.79. The first-order valence-electron chi connectivity index (χ1n) is 11.8. The Kier molecular flexibility index (Phi) is 13.3. The summed E-state index contributed by atoms with van der Waals surface area (Å²) >= 11 is 1.07. The van der Waals surface area contributed by atoms with Gasteiger partial charge in [-0.25, -0.2) is 9.59 Å². The van der Waals surface area contributed by atoms with Crippen LogP contribution in [0.4, 0.5) is 4.79 Å². The van der Waals surface area contributed by atoms with Gasteiger partial charge in [0, 0.05) is 17.4 Å². The lowest BCUT2D eigenvalue weighted by Gasteiger charge is -2.25. The number of alkyl carbamates (subject to hydrolysis) is 1. The van der Waals surface area contributed by atoms with Gasteiger partial charge in [-0.15, -0.1) is 11.8 Å². The van der Waals surface area contributed by atoms with Gasteiger partial charge in [0.2, 0.25) is 0 Å². The third-order valence-electron chi connectivity index (χ3n) is 5.19. The van der Waals surface area contributed by atoms with Crippen LogP contribution in [0.1, 0.15) is 11.1 Å². The summed E-state index contributed by atoms with van der Waals surface area (Å²) in [6.07, 6.45) is 1.82. The summed E-state index contributed by atoms with van der Waals surface area (Å²) in [5.41, 5.74) is 1.43. The van der Waals surface area contributed by atoms with E-state index in [0.717, 1.165) is 17.3 Å². The molecule has 0 heterocycles. The molecule has 2 rings (SSSR count). The number of esters is 2. The van der Waals surface area contributed by atoms with Crippen molar-refractivity contribution in [1.29, 1.82) is 0 Å². The number of amides is 1. The third kappa shape index (κ3) is 9.93. The fraction of sp³-hybridized carbons (Fsp3) is 0.321. The van der Waals surface area contributed by atoms with Gasteiger partial charge < -0.3 is 33.7 Å². The van der Waals surface area contributed by atoms with Crippen molar-refractivity contribution in [1.82, 2.24) is 5.32 Å². The first kappa shape index (κ1) is 31.1. The van der Waals surface area contributed by atoms with E-state index in [4.69, 9.17) is 28.4 Å². The molecule has 0 unspecified atom stereocenters. The van der Waals surface area contributed by atoms with Crippen LogP contribution >= 0.6 is 11.8 Å². The second kappa shape index (κ2) is 16.7. The first-order valence-corrected chi connectivity index (χ1v) is 12.8. The molecule has 2 aromatic rings. The van der Waals surface area contributed by atoms with Crippen LogP contribution < -0.4 is 19.5 Å². The number of carbonyl (C=O) groups is 3. The monoisotopic (exact) mass is 559 g/mol. The standard InChI is InChI=1S/C28H33NO9S/c1-6-14-36-26(30)24(29-28(32)37-15-7-2)25(27(31)38-17-19-8-11-21(33-3)12-9-19)39-18-20-10-13-22(34-4)16-23(20)35-5/h6-13,16,24-25H,1-2,14-15,17-18H2,3-5H3,(H,29,32)/t24-,25+/m0/s1. The molecule has 39 heavy (non-hydrogen) atoms. The molecule has 0 fully saturated rings. The summed E-state index contributed by atoms with van der Waals surface area (Å²) in [6, 6.07) is 10.8. The SMILES string of the molecule is C=CCOC(=O)N[C@H](C(=O)OCC=C)[C@@H](SCc1ccc(OC)cc1OC)C(=O)OCc1ccc(OC)cc1. The van der Waals surface area contributed by atoms with Crippen molar-refractivity contribution >= 4 is 29.8 Å². The fourth-order valence-corrected chi connectivity index (χ4v) is 4.37. The molecule has 0 aliphatic heterocycles. The molecule has 0 saturated heterocycles. The van der Waals surface area contributed by atoms with Gasteiger partial charge in [0.05, 0.1) is 21.3 Å². The van der Waals surface area contributed by atoms with Crippen molar-refractivity contribution in [3.05, 3.63) is 78.9 Å². The summed E-state index contributed by atoms with van der Waals surface area (Å²) in [7, 11) is 4.60. The second-order valence-corrected chi connectivity index (χ2v) is 8.92. The van der Waals surface area contributed by atoms with Crippen LogP contribution in [0.15, 0.2) is 67.8 Å². The van der Waals surface area contributed by atoms with E-state index in [-0.39, 0.29) is 25.6 Å². The van der Waals surface area contributed by atoms with E-state index in [9.17, 15) is 14.4 Å². The Morgan fingerprint density at radius 2 is 1.49 bits per heavy atom. The van der Waals surface area contributed by atoms with Gasteiger partial charge in [0.15, 0.2) is 6.04 Å². The molecule has 2 aromatic carbocycles. The average Bonchev–Trinajstić information content (AvgIpc) is 2.97. The number of methoxy groups -OCH3 is 3. The molecule has 0 saturated carbocycles. The number of thioether (sulfide) groups is 1. The van der Waals surface area contributed by atoms with Gasteiger partial charge in [0.1, 0.15) is 42.3 Å². The minimum Gasteiger partial charge on any atom is -0.497 e. The number of ether oxygens (including phenoxy) is 6. The minimum absolute atomic E-state index is 0.0684. The molecule has 0 aliphatic carbocycles. The molecule has 210 valence electrons. The highest BCUT2D eigenvalue weighted by molar-refractivity contribution is 7.99. The maximum Gasteiger partial charge on any atom is 0.408 e. The van der Waals surface area contributed by atoms with Crippen LogP contribution in [-0.4, -0.2) is 63.9 Å². The molecule has 0 spiro atoms. The molecule has 1 N–H and O–H groups in total. The van der Waals surface area contributed by atoms with E-state index in [1.54, 1.807) is 49.6 Å². The highest BCUT2D eigenvalue weighted by atomic mass is 32.2. The molecule has 11 heteroatoms. The topological polar surface area (TPSA) is 119 Å². The lowest BCUT2D eigenvalue weighted by Crippen LogP contribution is -2.51. The van der Waals surface area contributed by atoms with Gasteiger partial charge in [-0.2, -0.15) is 0 Å². The summed E-state index contributed by atoms with van der Waals surface area (Å²) < 4.78 is 31.6. The molecule has 2 atom stereocenters. The van der Waals surface area contributed by atoms with E-state index in [1.807, 2.05) is 0 Å². The number of carbonyl (C=O) groups excluding carboxylic acids is 3. The normalized spacial score (nSPS) is 11.8. The zero-order valence-electron chi connectivity index (χ0n) is 22.2. The fourth-order valence-electron chi connectivity index (χ4n) is 3.20. The van der Waals surface area contributed by atoms with E-state index < -0.39 is 29.3 Å². The summed E-state index contributed by atoms with van der Waals surface area (Å²) in [5.74, 6) is 0.396. The number of hydrogen-bond acceptors (Lipinski definition) is 10. The van der Waals surface area contributed by atoms with Crippen LogP contribution in [0.3, 0.4) is 0 Å². The number of hydrogen-bond donors (Lipinski definition) is 1. The lowest BCUT2D eigenvalue weighted by molar-refractivity contribution is -0.151. The number of rotatable bonds is 16. The van der Waals surface area contributed by atoms with Crippen LogP contribution in [0.2, 0.25) is 0 Å². The van der Waals surface area contributed by atoms with Crippen molar-refractivity contribution in [2.24, 2.45) is 0 Å². The average molecular weight is 560 g/mol. The molecule has 0 radical (unpaired) electrons. The van der Waals surface area contributed by atoms with Crippen molar-refractivity contribution < 1.29 is 42.8 Å². The smallest absolute Gasteiger partial charge is 0.408 e. The first-order chi connectivity index (χ1) is 18.9. The summed E-state index contributed by atoms with van der Waals surface area (Å²) in [6.45, 7) is 6.74. The van der Waals surface area contributed by atoms with Crippen LogP contribution in [-0.2, 0) is 36.2 Å². The van der Waals surface area contributed by atoms with Crippen molar-refractivity contribution in [2.45, 2.75) is 23.7 Å². The third-order valence-corrected chi connectivity index (χ3v) is 6.49. The van der Waals surface area contributed by atoms with E-state index in [0.29, 0.717) is 22.8 Å². The Bertz CT molecular complexity index is 1120. The minimum atomic E-state index is -1.43. The predicted molar refractivity (Wildman–Crippen MR) is 147 cm³/mol. The van der Waals surface area contributed by atoms with Crippen molar-refractivity contribution in [2.75, 3.05) is 34.5 Å². The van der Waals surface area contributed by atoms with Gasteiger partial charge in [-0.3, -0.25) is 4.79 Å². The molecule has 1 amide bonds. The Balaban J connectivity index is 2.33. The quantitative estimate of drug-likeness (QED) is 0.183. The van der Waals surface area contributed by atoms with Crippen molar-refractivity contribution in [3.8, 4) is 17.2 Å². The van der Waals surface area contributed by atoms with Crippen LogP contribution in [0.5, 0.6) is 17.2 Å². The van der Waals surface area contributed by atoms with Gasteiger partial charge >= 0.3 is 18.0 Å². The van der Waals surface area contributed by atoms with Crippen molar-refractivity contribution in [3.63, 3.8) is 0 Å². The maximum atomic E-state index is 13.4. The Morgan fingerprint density at radius 3 is 2.10 bits per heavy atom. The highest BCUT2D eigenvalue weighted by Gasteiger charge is 2.38. The number of benzene rings is 2. The predicted octanol–water partition coefficient (Wildman–Crippen LogP) is 4.07. The maximum absolute atomic E-state index is 13.4. The largest absolute Gasteiger partial charge is 0.497 e. The molecule has 0 aromatic heterocycles. The Morgan fingerprint density at radius 1 is 0.846 bits per heavy atom. The van der Waals surface area contributed by atoms with E-state index in [1.165, 1.54) is 26.4 Å². The lowest BCUT2D eigenvalue weighted by atomic mass is 10.2. The van der Waals surface area contributed by atoms with Crippen LogP contribution in [0, 0.1) is 0 Å². The highest BCUT2D eigenvalue weighted by Crippen LogP contribution is 2.31. The molecular weight excluding hydrogens is 526 g/mol. The molecule has 0 bridgehead atoms. The molecule has 10 nitrogen and oxygen atoms in total. The Labute approximate surface area is 232 Å². The van der Waals surface area contributed by atoms with Gasteiger partial charge in [-0.1, -0.05) is 43.5 Å². The van der Waals surface area contributed by atoms with Crippen LogP contribution in [0.25, 0.3) is 0 Å². The Hall–Kier alpha value is -4.12. The zero-order chi connectivity index (χ0) is 28.6. The summed E-state index contributed by atoms with van der Waals surface area (Å²) in [4.78, 5) is 38.7. The van der Waals surface area contributed by atoms with Gasteiger partial charge in [0.25, 0.3) is 0 Å². The van der Waals surface area contributed by atoms with E-state index >= 15 is 0 Å². The molecule has 0 aliphatic rings. The molecular formula is C28H33NO9S. The number of nitrogens with one attached hydrogen (secondary N) is 1. The van der Waals surface area contributed by atoms with Gasteiger partial charge in [-0.05, 0) is 23.8 Å².